The minimum absolute atomic E-state index is 0.0163. The molecular weight excluding hydrogens is 794 g/mol. The highest BCUT2D eigenvalue weighted by Crippen LogP contribution is 2.36. The van der Waals surface area contributed by atoms with Crippen LogP contribution in [0.1, 0.15) is 49.7 Å². The van der Waals surface area contributed by atoms with Crippen molar-refractivity contribution in [2.75, 3.05) is 57.4 Å². The zero-order valence-electron chi connectivity index (χ0n) is 28.2. The number of benzene rings is 2. The van der Waals surface area contributed by atoms with Gasteiger partial charge in [0.15, 0.2) is 6.10 Å². The summed E-state index contributed by atoms with van der Waals surface area (Å²) in [7, 11) is -3.18. The first-order chi connectivity index (χ1) is 23.9. The molecule has 15 heteroatoms. The van der Waals surface area contributed by atoms with Crippen molar-refractivity contribution >= 4 is 65.6 Å². The lowest BCUT2D eigenvalue weighted by Gasteiger charge is -2.40. The maximum atomic E-state index is 14.0. The van der Waals surface area contributed by atoms with E-state index in [9.17, 15) is 27.9 Å². The Hall–Kier alpha value is -2.88. The number of ether oxygens (including phenoxy) is 1. The molecule has 2 aromatic carbocycles. The number of carbonyl (C=O) groups is 3. The summed E-state index contributed by atoms with van der Waals surface area (Å²) in [5.41, 5.74) is 2.66. The van der Waals surface area contributed by atoms with Crippen molar-refractivity contribution in [3.63, 3.8) is 0 Å². The molecule has 272 valence electrons. The van der Waals surface area contributed by atoms with Crippen LogP contribution >= 0.6 is 31.9 Å². The number of carbonyl (C=O) groups excluding carboxylic acids is 3. The number of hydrogen-bond donors (Lipinski definition) is 2. The van der Waals surface area contributed by atoms with Gasteiger partial charge in [-0.1, -0.05) is 18.2 Å². The summed E-state index contributed by atoms with van der Waals surface area (Å²) in [5.74, 6) is 0.624. The van der Waals surface area contributed by atoms with E-state index in [0.29, 0.717) is 85.0 Å². The number of rotatable bonds is 7. The van der Waals surface area contributed by atoms with Crippen LogP contribution in [0.25, 0.3) is 0 Å². The third-order valence-corrected chi connectivity index (χ3v) is 13.3. The minimum Gasteiger partial charge on any atom is -0.506 e. The van der Waals surface area contributed by atoms with Crippen LogP contribution in [0, 0.1) is 11.8 Å². The summed E-state index contributed by atoms with van der Waals surface area (Å²) in [6.07, 6.45) is 5.01. The average molecular weight is 840 g/mol. The number of sulfonamides is 1. The fourth-order valence-electron chi connectivity index (χ4n) is 7.90. The number of halogens is 2. The van der Waals surface area contributed by atoms with Crippen molar-refractivity contribution in [3.05, 3.63) is 56.5 Å². The number of anilines is 1. The Labute approximate surface area is 310 Å². The van der Waals surface area contributed by atoms with E-state index in [1.54, 1.807) is 26.2 Å². The predicted molar refractivity (Wildman–Crippen MR) is 196 cm³/mol. The van der Waals surface area contributed by atoms with Crippen LogP contribution in [0.15, 0.2) is 45.3 Å². The third-order valence-electron chi connectivity index (χ3n) is 10.8. The maximum absolute atomic E-state index is 14.0. The number of hydrogen-bond acceptors (Lipinski definition) is 7. The zero-order chi connectivity index (χ0) is 35.6. The third kappa shape index (κ3) is 8.59. The van der Waals surface area contributed by atoms with E-state index in [1.165, 1.54) is 6.26 Å². The molecule has 0 spiro atoms. The standard InChI is InChI=1S/C35H45Br2N5O7S/c1-50(47,48)41-17-8-25(9-18-41)24-6-13-39(14-7-24)33(44)31(22-23-20-28(36)32(43)29(37)21-23)49-35(46)40-15-11-27(12-16-40)42-19-10-26-4-2-3-5-30(26)38-34(42)45/h2-5,20-21,24-25,27,31,43H,6-19,22H2,1H3,(H,38,45)/t31-/m1/s1. The van der Waals surface area contributed by atoms with Gasteiger partial charge in [-0.25, -0.2) is 22.3 Å². The highest BCUT2D eigenvalue weighted by atomic mass is 79.9. The second kappa shape index (κ2) is 15.8. The number of phenols is 1. The first kappa shape index (κ1) is 36.9. The number of urea groups is 1. The van der Waals surface area contributed by atoms with Crippen LogP contribution in [-0.2, 0) is 32.4 Å². The molecule has 3 fully saturated rings. The molecule has 50 heavy (non-hydrogen) atoms. The van der Waals surface area contributed by atoms with E-state index in [-0.39, 0.29) is 30.2 Å². The molecule has 4 aliphatic rings. The Morgan fingerprint density at radius 2 is 1.48 bits per heavy atom. The molecule has 1 atom stereocenters. The van der Waals surface area contributed by atoms with Crippen LogP contribution in [0.3, 0.4) is 0 Å². The number of phenolic OH excluding ortho intramolecular Hbond substituents is 1. The van der Waals surface area contributed by atoms with Gasteiger partial charge in [-0.3, -0.25) is 4.79 Å². The fourth-order valence-corrected chi connectivity index (χ4v) is 10.1. The molecule has 4 heterocycles. The number of piperidine rings is 3. The number of nitrogens with one attached hydrogen (secondary N) is 1. The van der Waals surface area contributed by atoms with Gasteiger partial charge in [-0.05, 0) is 118 Å². The van der Waals surface area contributed by atoms with Crippen molar-refractivity contribution in [3.8, 4) is 5.75 Å². The molecule has 4 aliphatic heterocycles. The Bertz CT molecular complexity index is 1660. The van der Waals surface area contributed by atoms with Gasteiger partial charge in [0.05, 0.1) is 15.2 Å². The first-order valence-electron chi connectivity index (χ1n) is 17.4. The van der Waals surface area contributed by atoms with E-state index in [2.05, 4.69) is 37.2 Å². The quantitative estimate of drug-likeness (QED) is 0.380. The minimum atomic E-state index is -3.18. The van der Waals surface area contributed by atoms with Gasteiger partial charge in [-0.15, -0.1) is 0 Å². The van der Waals surface area contributed by atoms with Crippen LogP contribution in [0.2, 0.25) is 0 Å². The first-order valence-corrected chi connectivity index (χ1v) is 20.8. The van der Waals surface area contributed by atoms with Crippen LogP contribution in [-0.4, -0.2) is 115 Å². The normalized spacial score (nSPS) is 20.9. The van der Waals surface area contributed by atoms with Gasteiger partial charge < -0.3 is 29.9 Å². The van der Waals surface area contributed by atoms with E-state index < -0.39 is 22.2 Å². The number of fused-ring (bicyclic) bond motifs is 1. The number of likely N-dealkylation sites (tertiary alicyclic amines) is 2. The van der Waals surface area contributed by atoms with E-state index in [0.717, 1.165) is 43.4 Å². The van der Waals surface area contributed by atoms with E-state index in [4.69, 9.17) is 4.74 Å². The van der Waals surface area contributed by atoms with Crippen LogP contribution in [0.5, 0.6) is 5.75 Å². The van der Waals surface area contributed by atoms with Gasteiger partial charge in [0.2, 0.25) is 10.0 Å². The Morgan fingerprint density at radius 1 is 0.900 bits per heavy atom. The molecule has 0 unspecified atom stereocenters. The number of aromatic hydroxyl groups is 1. The lowest BCUT2D eigenvalue weighted by Crippen LogP contribution is -2.52. The molecule has 2 N–H and O–H groups in total. The highest BCUT2D eigenvalue weighted by Gasteiger charge is 2.37. The number of nitrogens with zero attached hydrogens (tertiary/aromatic N) is 4. The summed E-state index contributed by atoms with van der Waals surface area (Å²) in [6.45, 7) is 3.56. The smallest absolute Gasteiger partial charge is 0.410 e. The van der Waals surface area contributed by atoms with Crippen molar-refractivity contribution < 1.29 is 32.6 Å². The highest BCUT2D eigenvalue weighted by molar-refractivity contribution is 9.11. The molecule has 0 bridgehead atoms. The number of amides is 4. The van der Waals surface area contributed by atoms with Crippen molar-refractivity contribution in [1.82, 2.24) is 19.0 Å². The van der Waals surface area contributed by atoms with E-state index >= 15 is 0 Å². The summed E-state index contributed by atoms with van der Waals surface area (Å²) >= 11 is 6.74. The Balaban J connectivity index is 1.07. The van der Waals surface area contributed by atoms with Crippen molar-refractivity contribution in [2.45, 2.75) is 63.5 Å². The van der Waals surface area contributed by atoms with Crippen molar-refractivity contribution in [2.24, 2.45) is 11.8 Å². The van der Waals surface area contributed by atoms with Gasteiger partial charge in [-0.2, -0.15) is 0 Å². The molecule has 0 aromatic heterocycles. The molecule has 0 radical (unpaired) electrons. The predicted octanol–water partition coefficient (Wildman–Crippen LogP) is 5.43. The van der Waals surface area contributed by atoms with Crippen molar-refractivity contribution in [1.29, 1.82) is 0 Å². The van der Waals surface area contributed by atoms with Gasteiger partial charge in [0.1, 0.15) is 5.75 Å². The second-order valence-corrected chi connectivity index (χ2v) is 17.6. The lowest BCUT2D eigenvalue weighted by atomic mass is 9.79. The van der Waals surface area contributed by atoms with Gasteiger partial charge in [0.25, 0.3) is 5.91 Å². The second-order valence-electron chi connectivity index (χ2n) is 13.9. The van der Waals surface area contributed by atoms with E-state index in [1.807, 2.05) is 29.2 Å². The Kier molecular flexibility index (Phi) is 11.6. The molecule has 4 amide bonds. The van der Waals surface area contributed by atoms with Crippen LogP contribution in [0.4, 0.5) is 15.3 Å². The number of para-hydroxylation sites is 1. The summed E-state index contributed by atoms with van der Waals surface area (Å²) in [5, 5.41) is 13.3. The topological polar surface area (TPSA) is 140 Å². The summed E-state index contributed by atoms with van der Waals surface area (Å²) in [4.78, 5) is 46.0. The van der Waals surface area contributed by atoms with Gasteiger partial charge >= 0.3 is 12.1 Å². The molecule has 6 rings (SSSR count). The maximum Gasteiger partial charge on any atom is 0.410 e. The van der Waals surface area contributed by atoms with Crippen LogP contribution < -0.4 is 5.32 Å². The average Bonchev–Trinajstić information content (AvgIpc) is 3.27. The molecule has 0 aliphatic carbocycles. The molecule has 2 aromatic rings. The summed E-state index contributed by atoms with van der Waals surface area (Å²) < 4.78 is 32.4. The zero-order valence-corrected chi connectivity index (χ0v) is 32.2. The molecule has 0 saturated carbocycles. The fraction of sp³-hybridized carbons (Fsp3) is 0.571. The van der Waals surface area contributed by atoms with Gasteiger partial charge in [0, 0.05) is 64.0 Å². The molecule has 3 saturated heterocycles. The lowest BCUT2D eigenvalue weighted by molar-refractivity contribution is -0.142. The SMILES string of the molecule is CS(=O)(=O)N1CCC(C2CCN(C(=O)[C@@H](Cc3cc(Br)c(O)c(Br)c3)OC(=O)N3CCC(N4CCc5ccccc5NC4=O)CC3)CC2)CC1. The molecular formula is C35H45Br2N5O7S. The summed E-state index contributed by atoms with van der Waals surface area (Å²) in [6, 6.07) is 11.1. The monoisotopic (exact) mass is 837 g/mol. The largest absolute Gasteiger partial charge is 0.506 e. The molecule has 12 nitrogen and oxygen atoms in total. The Morgan fingerprint density at radius 3 is 2.10 bits per heavy atom.